The van der Waals surface area contributed by atoms with Crippen molar-refractivity contribution in [2.45, 2.75) is 32.0 Å². The Morgan fingerprint density at radius 2 is 2.05 bits per heavy atom. The maximum atomic E-state index is 12.4. The molecule has 1 fully saturated rings. The number of anilines is 2. The van der Waals surface area contributed by atoms with Crippen LogP contribution in [0, 0.1) is 5.92 Å². The smallest absolute Gasteiger partial charge is 0.406 e. The van der Waals surface area contributed by atoms with Crippen LogP contribution >= 0.6 is 11.8 Å². The van der Waals surface area contributed by atoms with Gasteiger partial charge >= 0.3 is 6.36 Å². The number of piperidine rings is 1. The van der Waals surface area contributed by atoms with Crippen molar-refractivity contribution in [3.8, 4) is 5.75 Å². The number of nitrogens with one attached hydrogen (secondary N) is 2. The molecule has 10 nitrogen and oxygen atoms in total. The van der Waals surface area contributed by atoms with E-state index in [2.05, 4.69) is 47.2 Å². The van der Waals surface area contributed by atoms with Gasteiger partial charge in [0.25, 0.3) is 0 Å². The highest BCUT2D eigenvalue weighted by Gasteiger charge is 2.31. The highest BCUT2D eigenvalue weighted by molar-refractivity contribution is 8.13. The number of hydrogen-bond donors (Lipinski definition) is 2. The molecule has 2 N–H and O–H groups in total. The summed E-state index contributed by atoms with van der Waals surface area (Å²) in [6.07, 6.45) is 1.75. The van der Waals surface area contributed by atoms with Crippen LogP contribution in [0.4, 0.5) is 24.7 Å². The van der Waals surface area contributed by atoms with E-state index in [4.69, 9.17) is 0 Å². The third-order valence-electron chi connectivity index (χ3n) is 6.20. The summed E-state index contributed by atoms with van der Waals surface area (Å²) in [4.78, 5) is 32.8. The Labute approximate surface area is 258 Å². The molecule has 1 aliphatic rings. The van der Waals surface area contributed by atoms with E-state index in [1.54, 1.807) is 36.3 Å². The number of aromatic nitrogens is 2. The molecule has 0 saturated carbocycles. The monoisotopic (exact) mass is 629 g/mol. The molecule has 0 radical (unpaired) electrons. The van der Waals surface area contributed by atoms with E-state index in [9.17, 15) is 22.8 Å². The zero-order chi connectivity index (χ0) is 31.8. The topological polar surface area (TPSA) is 121 Å². The number of aldehydes is 1. The Hall–Kier alpha value is -4.30. The number of carbonyl (C=O) groups is 2. The van der Waals surface area contributed by atoms with Crippen molar-refractivity contribution in [3.05, 3.63) is 78.2 Å². The molecule has 234 valence electrons. The Balaban J connectivity index is 0.000000502. The molecule has 0 spiro atoms. The van der Waals surface area contributed by atoms with Gasteiger partial charge in [-0.1, -0.05) is 30.0 Å². The lowest BCUT2D eigenvalue weighted by atomic mass is 9.98. The van der Waals surface area contributed by atoms with Gasteiger partial charge in [0.15, 0.2) is 0 Å². The molecule has 1 unspecified atom stereocenters. The molecule has 2 aromatic heterocycles. The Morgan fingerprint density at radius 3 is 2.70 bits per heavy atom. The fourth-order valence-corrected chi connectivity index (χ4v) is 5.17. The first-order valence-electron chi connectivity index (χ1n) is 13.7. The number of halogens is 3. The molecule has 3 heterocycles. The number of hydrogen-bond acceptors (Lipinski definition) is 10. The van der Waals surface area contributed by atoms with Crippen LogP contribution in [0.15, 0.2) is 77.2 Å². The first kappa shape index (κ1) is 34.2. The summed E-state index contributed by atoms with van der Waals surface area (Å²) in [5, 5.41) is 14.6. The molecule has 0 aliphatic carbocycles. The average molecular weight is 630 g/mol. The van der Waals surface area contributed by atoms with Crippen LogP contribution in [0.5, 0.6) is 5.75 Å². The van der Waals surface area contributed by atoms with E-state index in [0.29, 0.717) is 17.8 Å². The lowest BCUT2D eigenvalue weighted by Gasteiger charge is -2.34. The number of rotatable bonds is 11. The largest absolute Gasteiger partial charge is 0.573 e. The third-order valence-corrected chi connectivity index (χ3v) is 7.34. The van der Waals surface area contributed by atoms with Crippen LogP contribution in [0.2, 0.25) is 0 Å². The van der Waals surface area contributed by atoms with Crippen LogP contribution in [-0.2, 0) is 22.4 Å². The molecular weight excluding hydrogens is 595 g/mol. The first-order valence-corrected chi connectivity index (χ1v) is 14.7. The molecule has 1 aliphatic heterocycles. The van der Waals surface area contributed by atoms with Gasteiger partial charge in [-0.2, -0.15) is 5.10 Å². The predicted molar refractivity (Wildman–Crippen MR) is 167 cm³/mol. The van der Waals surface area contributed by atoms with Gasteiger partial charge in [0.2, 0.25) is 5.91 Å². The van der Waals surface area contributed by atoms with Crippen molar-refractivity contribution >= 4 is 47.2 Å². The summed E-state index contributed by atoms with van der Waals surface area (Å²) in [6.45, 7) is 5.13. The van der Waals surface area contributed by atoms with Crippen LogP contribution < -0.4 is 20.3 Å². The highest BCUT2D eigenvalue weighted by atomic mass is 32.2. The summed E-state index contributed by atoms with van der Waals surface area (Å²) >= 11 is 1.62. The zero-order valence-electron chi connectivity index (χ0n) is 24.2. The van der Waals surface area contributed by atoms with Gasteiger partial charge in [-0.25, -0.2) is 4.98 Å². The van der Waals surface area contributed by atoms with Crippen molar-refractivity contribution in [3.63, 3.8) is 0 Å². The van der Waals surface area contributed by atoms with Crippen LogP contribution in [0.25, 0.3) is 0 Å². The van der Waals surface area contributed by atoms with E-state index in [-0.39, 0.29) is 18.1 Å². The van der Waals surface area contributed by atoms with E-state index < -0.39 is 12.3 Å². The summed E-state index contributed by atoms with van der Waals surface area (Å²) in [5.41, 5.74) is 2.14. The van der Waals surface area contributed by atoms with Gasteiger partial charge in [-0.3, -0.25) is 9.78 Å². The number of ether oxygens (including phenoxy) is 1. The Bertz CT molecular complexity index is 1380. The lowest BCUT2D eigenvalue weighted by molar-refractivity contribution is -0.274. The van der Waals surface area contributed by atoms with Crippen molar-refractivity contribution < 1.29 is 27.5 Å². The molecule has 1 aromatic carbocycles. The minimum Gasteiger partial charge on any atom is -0.406 e. The van der Waals surface area contributed by atoms with Gasteiger partial charge in [0.05, 0.1) is 18.3 Å². The van der Waals surface area contributed by atoms with Gasteiger partial charge in [-0.15, -0.1) is 18.3 Å². The average Bonchev–Trinajstić information content (AvgIpc) is 3.00. The number of carbonyl (C=O) groups excluding carboxylic acids is 2. The Morgan fingerprint density at radius 1 is 1.20 bits per heavy atom. The van der Waals surface area contributed by atoms with Gasteiger partial charge < -0.3 is 25.1 Å². The van der Waals surface area contributed by atoms with E-state index in [1.165, 1.54) is 18.2 Å². The second-order valence-electron chi connectivity index (χ2n) is 9.52. The second-order valence-corrected chi connectivity index (χ2v) is 10.5. The minimum absolute atomic E-state index is 0.115. The van der Waals surface area contributed by atoms with Gasteiger partial charge in [-0.05, 0) is 61.9 Å². The molecule has 14 heteroatoms. The van der Waals surface area contributed by atoms with Crippen molar-refractivity contribution in [1.82, 2.24) is 15.3 Å². The van der Waals surface area contributed by atoms with Gasteiger partial charge in [0.1, 0.15) is 22.9 Å². The normalized spacial score (nSPS) is 15.0. The lowest BCUT2D eigenvalue weighted by Crippen LogP contribution is -2.38. The molecule has 3 aromatic rings. The molecule has 1 amide bonds. The minimum atomic E-state index is -4.79. The fraction of sp³-hybridized carbons (Fsp3) is 0.333. The predicted octanol–water partition coefficient (Wildman–Crippen LogP) is 5.13. The summed E-state index contributed by atoms with van der Waals surface area (Å²) in [5.74, 6) is 0.570. The Kier molecular flexibility index (Phi) is 13.8. The third kappa shape index (κ3) is 12.1. The number of benzene rings is 1. The van der Waals surface area contributed by atoms with Crippen molar-refractivity contribution in [2.75, 3.05) is 36.2 Å². The van der Waals surface area contributed by atoms with Crippen molar-refractivity contribution in [2.24, 2.45) is 16.1 Å². The highest BCUT2D eigenvalue weighted by Crippen LogP contribution is 2.28. The van der Waals surface area contributed by atoms with E-state index in [0.717, 1.165) is 54.5 Å². The van der Waals surface area contributed by atoms with Crippen LogP contribution in [0.3, 0.4) is 0 Å². The molecule has 44 heavy (non-hydrogen) atoms. The second kappa shape index (κ2) is 17.7. The molecule has 0 bridgehead atoms. The van der Waals surface area contributed by atoms with Gasteiger partial charge in [0, 0.05) is 49.9 Å². The quantitative estimate of drug-likeness (QED) is 0.0986. The standard InChI is InChI=1S/C23H27F3N6O2S.C7H7NO/c1-27-15-35-22(31-28-2)17-6-4-10-32(14-17)18-8-9-20(29-13-18)30-21(33)12-16-5-3-7-19(11-16)34-23(24,25)26;9-6-4-7-3-1-2-5-8-7/h3,5,7-9,11,13,17,27H,2,4,6,10,12,14-15H2,1H3,(H,29,30,33);1-3,5-6H,4H2/b31-22-;. The summed E-state index contributed by atoms with van der Waals surface area (Å²) < 4.78 is 41.1. The maximum absolute atomic E-state index is 12.4. The molecular formula is C30H34F3N7O3S. The number of nitrogens with zero attached hydrogens (tertiary/aromatic N) is 5. The zero-order valence-corrected chi connectivity index (χ0v) is 25.0. The van der Waals surface area contributed by atoms with Crippen LogP contribution in [0.1, 0.15) is 24.1 Å². The SMILES string of the molecule is C=N/N=C(\SCNC)C1CCCN(c2ccc(NC(=O)Cc3cccc(OC(F)(F)F)c3)nc2)C1.O=CCc1ccccn1. The molecule has 1 saturated heterocycles. The fourth-order valence-electron chi connectivity index (χ4n) is 4.33. The van der Waals surface area contributed by atoms with Crippen molar-refractivity contribution in [1.29, 1.82) is 0 Å². The number of alkyl halides is 3. The summed E-state index contributed by atoms with van der Waals surface area (Å²) in [7, 11) is 1.88. The molecule has 1 atom stereocenters. The maximum Gasteiger partial charge on any atom is 0.573 e. The van der Waals surface area contributed by atoms with Crippen LogP contribution in [-0.4, -0.2) is 66.3 Å². The molecule has 4 rings (SSSR count). The number of thioether (sulfide) groups is 1. The van der Waals surface area contributed by atoms with E-state index in [1.807, 2.05) is 31.3 Å². The summed E-state index contributed by atoms with van der Waals surface area (Å²) in [6, 6.07) is 14.4. The van der Waals surface area contributed by atoms with E-state index >= 15 is 0 Å². The number of pyridine rings is 2. The first-order chi connectivity index (χ1) is 21.2. The number of amides is 1.